The first-order valence-electron chi connectivity index (χ1n) is 12.1. The molecular weight excluding hydrogens is 510 g/mol. The molecule has 1 fully saturated rings. The van der Waals surface area contributed by atoms with E-state index in [1.165, 1.54) is 56.1 Å². The average molecular weight is 546 g/mol. The Morgan fingerprint density at radius 1 is 0.974 bits per heavy atom. The van der Waals surface area contributed by atoms with Crippen LogP contribution in [-0.4, -0.2) is 79.8 Å². The molecule has 0 saturated carbocycles. The lowest BCUT2D eigenvalue weighted by atomic mass is 9.85. The minimum atomic E-state index is -3.97. The van der Waals surface area contributed by atoms with Crippen LogP contribution in [0.2, 0.25) is 0 Å². The van der Waals surface area contributed by atoms with Gasteiger partial charge in [-0.25, -0.2) is 18.0 Å². The van der Waals surface area contributed by atoms with Gasteiger partial charge in [0, 0.05) is 33.3 Å². The van der Waals surface area contributed by atoms with Crippen molar-refractivity contribution in [3.63, 3.8) is 0 Å². The van der Waals surface area contributed by atoms with E-state index >= 15 is 0 Å². The fourth-order valence-corrected chi connectivity index (χ4v) is 5.32. The number of likely N-dealkylation sites (tertiary alicyclic amines) is 1. The molecule has 38 heavy (non-hydrogen) atoms. The fraction of sp³-hybridized carbons (Fsp3) is 0.444. The van der Waals surface area contributed by atoms with Gasteiger partial charge >= 0.3 is 12.1 Å². The molecule has 0 N–H and O–H groups in total. The van der Waals surface area contributed by atoms with Crippen LogP contribution in [0.3, 0.4) is 0 Å². The van der Waals surface area contributed by atoms with Crippen molar-refractivity contribution in [1.82, 2.24) is 14.1 Å². The van der Waals surface area contributed by atoms with Crippen molar-refractivity contribution in [3.8, 4) is 5.75 Å². The molecule has 11 heteroatoms. The number of ether oxygens (including phenoxy) is 2. The first-order valence-corrected chi connectivity index (χ1v) is 13.5. The van der Waals surface area contributed by atoms with Crippen molar-refractivity contribution in [2.75, 3.05) is 27.7 Å². The monoisotopic (exact) mass is 545 g/mol. The van der Waals surface area contributed by atoms with Crippen LogP contribution in [-0.2, 0) is 29.9 Å². The number of β-lactam (4-membered cyclic amide) rings is 1. The summed E-state index contributed by atoms with van der Waals surface area (Å²) in [4.78, 5) is 42.1. The molecule has 0 spiro atoms. The van der Waals surface area contributed by atoms with Gasteiger partial charge in [0.2, 0.25) is 15.9 Å². The zero-order chi connectivity index (χ0) is 28.6. The Morgan fingerprint density at radius 3 is 2.08 bits per heavy atom. The van der Waals surface area contributed by atoms with Crippen molar-refractivity contribution in [2.45, 2.75) is 56.7 Å². The summed E-state index contributed by atoms with van der Waals surface area (Å²) >= 11 is 0. The number of likely N-dealkylation sites (N-methyl/N-ethyl adjacent to an activating group) is 1. The minimum Gasteiger partial charge on any atom is -0.458 e. The van der Waals surface area contributed by atoms with Gasteiger partial charge in [0.05, 0.1) is 4.90 Å². The zero-order valence-corrected chi connectivity index (χ0v) is 23.8. The molecule has 0 aliphatic carbocycles. The Kier molecular flexibility index (Phi) is 7.95. The molecule has 1 heterocycles. The van der Waals surface area contributed by atoms with Crippen molar-refractivity contribution >= 4 is 28.0 Å². The number of benzene rings is 2. The third kappa shape index (κ3) is 5.53. The second-order valence-electron chi connectivity index (χ2n) is 10.6. The van der Waals surface area contributed by atoms with E-state index in [1.54, 1.807) is 51.1 Å². The maximum absolute atomic E-state index is 13.7. The molecule has 0 radical (unpaired) electrons. The topological polar surface area (TPSA) is 114 Å². The van der Waals surface area contributed by atoms with Crippen molar-refractivity contribution < 1.29 is 32.3 Å². The summed E-state index contributed by atoms with van der Waals surface area (Å²) in [5.41, 5.74) is -1.45. The third-order valence-electron chi connectivity index (χ3n) is 6.35. The number of carbonyl (C=O) groups excluding carboxylic acids is 3. The van der Waals surface area contributed by atoms with E-state index < -0.39 is 45.2 Å². The summed E-state index contributed by atoms with van der Waals surface area (Å²) in [6.45, 7) is 8.38. The van der Waals surface area contributed by atoms with Crippen LogP contribution in [0.1, 0.15) is 38.8 Å². The molecule has 1 aliphatic rings. The molecule has 1 aliphatic heterocycles. The summed E-state index contributed by atoms with van der Waals surface area (Å²) < 4.78 is 38.7. The molecule has 10 nitrogen and oxygen atoms in total. The Bertz CT molecular complexity index is 1330. The average Bonchev–Trinajstić information content (AvgIpc) is 2.82. The highest BCUT2D eigenvalue weighted by Gasteiger charge is 2.57. The van der Waals surface area contributed by atoms with Crippen LogP contribution in [0, 0.1) is 6.92 Å². The Labute approximate surface area is 224 Å². The summed E-state index contributed by atoms with van der Waals surface area (Å²) in [5, 5.41) is 0. The van der Waals surface area contributed by atoms with Crippen LogP contribution >= 0.6 is 0 Å². The number of hydrogen-bond acceptors (Lipinski definition) is 7. The van der Waals surface area contributed by atoms with Crippen LogP contribution in [0.4, 0.5) is 4.79 Å². The number of nitrogens with zero attached hydrogens (tertiary/aromatic N) is 3. The van der Waals surface area contributed by atoms with Crippen molar-refractivity contribution in [2.24, 2.45) is 0 Å². The van der Waals surface area contributed by atoms with E-state index in [4.69, 9.17) is 9.47 Å². The van der Waals surface area contributed by atoms with Crippen LogP contribution in [0.15, 0.2) is 53.4 Å². The van der Waals surface area contributed by atoms with E-state index in [2.05, 4.69) is 0 Å². The first kappa shape index (κ1) is 29.1. The van der Waals surface area contributed by atoms with Crippen LogP contribution in [0.5, 0.6) is 5.75 Å². The lowest BCUT2D eigenvalue weighted by molar-refractivity contribution is -0.182. The summed E-state index contributed by atoms with van der Waals surface area (Å²) in [7, 11) is 0.409. The number of carbonyl (C=O) groups is 3. The van der Waals surface area contributed by atoms with Gasteiger partial charge in [0.25, 0.3) is 0 Å². The smallest absolute Gasteiger partial charge is 0.414 e. The molecule has 0 bridgehead atoms. The molecule has 0 aromatic heterocycles. The molecule has 3 rings (SSSR count). The van der Waals surface area contributed by atoms with Gasteiger partial charge in [0.1, 0.15) is 17.4 Å². The van der Waals surface area contributed by atoms with Gasteiger partial charge in [-0.15, -0.1) is 0 Å². The molecule has 2 atom stereocenters. The first-order chi connectivity index (χ1) is 17.5. The quantitative estimate of drug-likeness (QED) is 0.388. The molecule has 1 saturated heterocycles. The van der Waals surface area contributed by atoms with Crippen molar-refractivity contribution in [1.29, 1.82) is 0 Å². The van der Waals surface area contributed by atoms with Gasteiger partial charge in [-0.05, 0) is 52.8 Å². The number of sulfonamides is 1. The number of para-hydroxylation sites is 1. The molecular formula is C27H35N3O7S. The highest BCUT2D eigenvalue weighted by atomic mass is 32.2. The van der Waals surface area contributed by atoms with E-state index in [9.17, 15) is 22.8 Å². The fourth-order valence-electron chi connectivity index (χ4n) is 4.01. The van der Waals surface area contributed by atoms with Gasteiger partial charge in [-0.2, -0.15) is 4.31 Å². The van der Waals surface area contributed by atoms with E-state index in [0.29, 0.717) is 0 Å². The normalized spacial score (nSPS) is 17.4. The second kappa shape index (κ2) is 10.4. The summed E-state index contributed by atoms with van der Waals surface area (Å²) in [6, 6.07) is 11.7. The second-order valence-corrected chi connectivity index (χ2v) is 12.6. The Morgan fingerprint density at radius 2 is 1.55 bits per heavy atom. The molecule has 2 amide bonds. The van der Waals surface area contributed by atoms with E-state index in [0.717, 1.165) is 9.87 Å². The number of esters is 1. The van der Waals surface area contributed by atoms with Gasteiger partial charge < -0.3 is 19.3 Å². The number of hydrogen-bond donors (Lipinski definition) is 0. The lowest BCUT2D eigenvalue weighted by Gasteiger charge is -2.51. The summed E-state index contributed by atoms with van der Waals surface area (Å²) in [5.74, 6) is -1.24. The third-order valence-corrected chi connectivity index (χ3v) is 8.23. The predicted molar refractivity (Wildman–Crippen MR) is 141 cm³/mol. The van der Waals surface area contributed by atoms with E-state index in [-0.39, 0.29) is 22.8 Å². The number of rotatable bonds is 7. The molecule has 206 valence electrons. The molecule has 2 aromatic rings. The highest BCUT2D eigenvalue weighted by Crippen LogP contribution is 2.41. The standard InChI is InChI=1S/C27H35N3O7S/c1-18-13-15-19(16-14-18)38(34,35)29(8)21-17-30(23(21)31)27(5,24(32)37-26(2,3)4)20-11-9-10-12-22(20)36-25(33)28(6)7/h9-16,21H,17H2,1-8H3. The SMILES string of the molecule is Cc1ccc(S(=O)(=O)N(C)C2CN(C(C)(C(=O)OC(C)(C)C)c3ccccc3OC(=O)N(C)C)C2=O)cc1. The maximum atomic E-state index is 13.7. The largest absolute Gasteiger partial charge is 0.458 e. The van der Waals surface area contributed by atoms with Gasteiger partial charge in [-0.3, -0.25) is 4.79 Å². The molecule has 2 unspecified atom stereocenters. The van der Waals surface area contributed by atoms with E-state index in [1.807, 2.05) is 6.92 Å². The molecule has 2 aromatic carbocycles. The number of aryl methyl sites for hydroxylation is 1. The predicted octanol–water partition coefficient (Wildman–Crippen LogP) is 3.14. The maximum Gasteiger partial charge on any atom is 0.414 e. The van der Waals surface area contributed by atoms with Crippen LogP contribution < -0.4 is 4.74 Å². The zero-order valence-electron chi connectivity index (χ0n) is 23.0. The Hall–Kier alpha value is -3.44. The van der Waals surface area contributed by atoms with Crippen molar-refractivity contribution in [3.05, 3.63) is 59.7 Å². The minimum absolute atomic E-state index is 0.0627. The van der Waals surface area contributed by atoms with Gasteiger partial charge in [-0.1, -0.05) is 35.9 Å². The summed E-state index contributed by atoms with van der Waals surface area (Å²) in [6.07, 6.45) is -0.666. The highest BCUT2D eigenvalue weighted by molar-refractivity contribution is 7.89. The van der Waals surface area contributed by atoms with Gasteiger partial charge in [0.15, 0.2) is 5.54 Å². The Balaban J connectivity index is 2.01. The van der Waals surface area contributed by atoms with Crippen LogP contribution in [0.25, 0.3) is 0 Å². The number of amides is 2. The lowest BCUT2D eigenvalue weighted by Crippen LogP contribution is -2.71.